The molecule has 2 aromatic heterocycles. The smallest absolute Gasteiger partial charge is 0.265 e. The maximum absolute atomic E-state index is 12.7. The molecule has 2 aromatic carbocycles. The minimum absolute atomic E-state index is 0.131. The first-order valence-corrected chi connectivity index (χ1v) is 12.5. The first-order chi connectivity index (χ1) is 17.1. The van der Waals surface area contributed by atoms with Crippen LogP contribution < -0.4 is 15.0 Å². The second-order valence-electron chi connectivity index (χ2n) is 7.72. The number of carbonyl (C=O) groups excluding carboxylic acids is 2. The molecule has 0 bridgehead atoms. The van der Waals surface area contributed by atoms with Gasteiger partial charge in [-0.1, -0.05) is 41.7 Å². The average molecular weight is 508 g/mol. The Bertz CT molecular complexity index is 1350. The second kappa shape index (κ2) is 10.3. The lowest BCUT2D eigenvalue weighted by molar-refractivity contribution is -0.123. The van der Waals surface area contributed by atoms with Gasteiger partial charge >= 0.3 is 0 Å². The van der Waals surface area contributed by atoms with Gasteiger partial charge in [0.05, 0.1) is 16.4 Å². The molecule has 35 heavy (non-hydrogen) atoms. The highest BCUT2D eigenvalue weighted by Crippen LogP contribution is 2.36. The van der Waals surface area contributed by atoms with Crippen molar-refractivity contribution in [3.63, 3.8) is 0 Å². The van der Waals surface area contributed by atoms with Gasteiger partial charge < -0.3 is 9.47 Å². The zero-order valence-corrected chi connectivity index (χ0v) is 20.4. The molecule has 0 spiro atoms. The number of hydrogen-bond donors (Lipinski definition) is 1. The molecule has 1 aliphatic rings. The summed E-state index contributed by atoms with van der Waals surface area (Å²) in [7, 11) is 1.56. The molecule has 0 saturated carbocycles. The third kappa shape index (κ3) is 5.37. The summed E-state index contributed by atoms with van der Waals surface area (Å²) < 4.78 is 10.6. The number of ether oxygens (including phenoxy) is 2. The highest BCUT2D eigenvalue weighted by Gasteiger charge is 2.28. The number of carbonyl (C=O) groups is 2. The maximum atomic E-state index is 12.7. The van der Waals surface area contributed by atoms with Crippen LogP contribution in [0.3, 0.4) is 0 Å². The molecule has 0 unspecified atom stereocenters. The molecule has 0 saturated heterocycles. The molecule has 0 aliphatic carbocycles. The summed E-state index contributed by atoms with van der Waals surface area (Å²) in [5.74, 6) is -0.139. The number of amides is 2. The van der Waals surface area contributed by atoms with Crippen LogP contribution in [0, 0.1) is 0 Å². The van der Waals surface area contributed by atoms with E-state index in [9.17, 15) is 9.59 Å². The number of rotatable bonds is 8. The van der Waals surface area contributed by atoms with E-state index in [4.69, 9.17) is 14.5 Å². The van der Waals surface area contributed by atoms with Crippen molar-refractivity contribution in [2.24, 2.45) is 0 Å². The number of hydrogen-bond acceptors (Lipinski definition) is 9. The summed E-state index contributed by atoms with van der Waals surface area (Å²) >= 11 is 2.81. The fraction of sp³-hybridized carbons (Fsp3) is 0.208. The number of thiazole rings is 1. The van der Waals surface area contributed by atoms with E-state index in [1.165, 1.54) is 21.8 Å². The van der Waals surface area contributed by atoms with Gasteiger partial charge in [-0.15, -0.1) is 21.5 Å². The first kappa shape index (κ1) is 23.1. The number of aromatic nitrogens is 3. The van der Waals surface area contributed by atoms with Crippen LogP contribution in [0.25, 0.3) is 11.3 Å². The predicted molar refractivity (Wildman–Crippen MR) is 134 cm³/mol. The molecule has 0 atom stereocenters. The van der Waals surface area contributed by atoms with Gasteiger partial charge in [0.15, 0.2) is 6.61 Å². The summed E-state index contributed by atoms with van der Waals surface area (Å²) in [5, 5.41) is 14.6. The van der Waals surface area contributed by atoms with Crippen molar-refractivity contribution < 1.29 is 19.1 Å². The van der Waals surface area contributed by atoms with E-state index in [1.54, 1.807) is 24.5 Å². The van der Waals surface area contributed by atoms with E-state index < -0.39 is 0 Å². The van der Waals surface area contributed by atoms with Crippen molar-refractivity contribution >= 4 is 45.3 Å². The van der Waals surface area contributed by atoms with Crippen LogP contribution in [0.5, 0.6) is 5.75 Å². The van der Waals surface area contributed by atoms with E-state index in [0.717, 1.165) is 22.7 Å². The molecule has 0 radical (unpaired) electrons. The lowest BCUT2D eigenvalue weighted by Crippen LogP contribution is -2.43. The summed E-state index contributed by atoms with van der Waals surface area (Å²) in [5.41, 5.74) is 3.38. The molecular weight excluding hydrogens is 486 g/mol. The van der Waals surface area contributed by atoms with Crippen molar-refractivity contribution in [2.75, 3.05) is 30.5 Å². The monoisotopic (exact) mass is 507 g/mol. The Hall–Kier alpha value is -3.67. The second-order valence-corrected chi connectivity index (χ2v) is 9.73. The lowest BCUT2D eigenvalue weighted by Gasteiger charge is -2.29. The van der Waals surface area contributed by atoms with Crippen LogP contribution >= 0.6 is 22.7 Å². The third-order valence-corrected chi connectivity index (χ3v) is 6.89. The molecule has 2 amide bonds. The van der Waals surface area contributed by atoms with Gasteiger partial charge in [0.2, 0.25) is 11.0 Å². The Kier molecular flexibility index (Phi) is 6.80. The molecule has 11 heteroatoms. The SMILES string of the molecule is COCc1nnc(NC(=O)CN2C(=O)COc3ccc(-c4csc(Cc5ccccc5)n4)cc32)s1. The van der Waals surface area contributed by atoms with Gasteiger partial charge in [-0.05, 0) is 23.8 Å². The van der Waals surface area contributed by atoms with Crippen molar-refractivity contribution in [3.05, 3.63) is 69.5 Å². The zero-order chi connectivity index (χ0) is 24.2. The Morgan fingerprint density at radius 1 is 1.17 bits per heavy atom. The standard InChI is InChI=1S/C24H21N5O4S2/c1-32-12-22-27-28-24(35-22)26-20(30)11-29-18-10-16(7-8-19(18)33-13-23(29)31)17-14-34-21(25-17)9-15-5-3-2-4-6-15/h2-8,10,14H,9,11-13H2,1H3,(H,26,28,30). The molecule has 1 aliphatic heterocycles. The Morgan fingerprint density at radius 3 is 2.86 bits per heavy atom. The van der Waals surface area contributed by atoms with Gasteiger partial charge in [0.25, 0.3) is 5.91 Å². The van der Waals surface area contributed by atoms with Crippen molar-refractivity contribution in [1.82, 2.24) is 15.2 Å². The fourth-order valence-corrected chi connectivity index (χ4v) is 5.18. The summed E-state index contributed by atoms with van der Waals surface area (Å²) in [6.07, 6.45) is 0.752. The van der Waals surface area contributed by atoms with Crippen LogP contribution in [0.15, 0.2) is 53.9 Å². The van der Waals surface area contributed by atoms with Crippen LogP contribution in [0.2, 0.25) is 0 Å². The van der Waals surface area contributed by atoms with E-state index >= 15 is 0 Å². The van der Waals surface area contributed by atoms with Gasteiger partial charge in [-0.2, -0.15) is 0 Å². The summed E-state index contributed by atoms with van der Waals surface area (Å²) in [6.45, 7) is 0.0117. The fourth-order valence-electron chi connectivity index (χ4n) is 3.62. The van der Waals surface area contributed by atoms with Gasteiger partial charge in [-0.25, -0.2) is 4.98 Å². The van der Waals surface area contributed by atoms with Crippen LogP contribution in [-0.2, 0) is 27.4 Å². The largest absolute Gasteiger partial charge is 0.482 e. The Morgan fingerprint density at radius 2 is 2.03 bits per heavy atom. The molecule has 1 N–H and O–H groups in total. The maximum Gasteiger partial charge on any atom is 0.265 e. The quantitative estimate of drug-likeness (QED) is 0.387. The number of benzene rings is 2. The molecule has 4 aromatic rings. The molecule has 0 fully saturated rings. The van der Waals surface area contributed by atoms with E-state index in [2.05, 4.69) is 27.6 Å². The van der Waals surface area contributed by atoms with Crippen molar-refractivity contribution in [2.45, 2.75) is 13.0 Å². The van der Waals surface area contributed by atoms with E-state index in [1.807, 2.05) is 35.7 Å². The van der Waals surface area contributed by atoms with E-state index in [0.29, 0.717) is 28.2 Å². The minimum Gasteiger partial charge on any atom is -0.482 e. The minimum atomic E-state index is -0.379. The van der Waals surface area contributed by atoms with Gasteiger partial charge in [0.1, 0.15) is 23.9 Å². The summed E-state index contributed by atoms with van der Waals surface area (Å²) in [6, 6.07) is 15.7. The molecule has 3 heterocycles. The number of methoxy groups -OCH3 is 1. The Balaban J connectivity index is 1.33. The van der Waals surface area contributed by atoms with Crippen molar-refractivity contribution in [3.8, 4) is 17.0 Å². The van der Waals surface area contributed by atoms with Gasteiger partial charge in [-0.3, -0.25) is 19.8 Å². The molecule has 178 valence electrons. The molecule has 9 nitrogen and oxygen atoms in total. The van der Waals surface area contributed by atoms with Crippen molar-refractivity contribution in [1.29, 1.82) is 0 Å². The molecular formula is C24H21N5O4S2. The zero-order valence-electron chi connectivity index (χ0n) is 18.8. The van der Waals surface area contributed by atoms with Crippen LogP contribution in [0.1, 0.15) is 15.6 Å². The average Bonchev–Trinajstić information content (AvgIpc) is 3.51. The predicted octanol–water partition coefficient (Wildman–Crippen LogP) is 3.76. The normalized spacial score (nSPS) is 12.8. The summed E-state index contributed by atoms with van der Waals surface area (Å²) in [4.78, 5) is 31.5. The van der Waals surface area contributed by atoms with E-state index in [-0.39, 0.29) is 25.0 Å². The highest BCUT2D eigenvalue weighted by atomic mass is 32.1. The lowest BCUT2D eigenvalue weighted by atomic mass is 10.1. The topological polar surface area (TPSA) is 107 Å². The highest BCUT2D eigenvalue weighted by molar-refractivity contribution is 7.15. The van der Waals surface area contributed by atoms with Crippen LogP contribution in [-0.4, -0.2) is 47.3 Å². The number of nitrogens with zero attached hydrogens (tertiary/aromatic N) is 4. The number of fused-ring (bicyclic) bond motifs is 1. The Labute approximate surface area is 209 Å². The van der Waals surface area contributed by atoms with Crippen LogP contribution in [0.4, 0.5) is 10.8 Å². The van der Waals surface area contributed by atoms with Gasteiger partial charge in [0, 0.05) is 24.5 Å². The first-order valence-electron chi connectivity index (χ1n) is 10.8. The number of nitrogens with one attached hydrogen (secondary N) is 1. The number of anilines is 2. The molecule has 5 rings (SSSR count). The third-order valence-electron chi connectivity index (χ3n) is 5.23.